The van der Waals surface area contributed by atoms with Crippen LogP contribution in [0, 0.1) is 11.8 Å². The van der Waals surface area contributed by atoms with Crippen molar-refractivity contribution in [1.29, 1.82) is 0 Å². The standard InChI is InChI=1S/C29H38O8/c1-11-15(2)29(30)37-24-17(4)16(3)12-18-13-20(31-5)25(33-7)27(35-9)22(18)23-19(24)14-21(32-6)26(34-8)28(23)36-10/h11,13-14,16-17,24H,12H2,1-10H3/b15-11-/t16-,17-,24-/m1/s1. The number of carbonyl (C=O) groups is 1. The van der Waals surface area contributed by atoms with Crippen molar-refractivity contribution in [1.82, 2.24) is 0 Å². The van der Waals surface area contributed by atoms with Crippen LogP contribution in [0.15, 0.2) is 23.8 Å². The van der Waals surface area contributed by atoms with Crippen LogP contribution >= 0.6 is 0 Å². The lowest BCUT2D eigenvalue weighted by Gasteiger charge is -2.35. The molecule has 2 aromatic rings. The van der Waals surface area contributed by atoms with Gasteiger partial charge in [-0.2, -0.15) is 0 Å². The minimum absolute atomic E-state index is 0.0533. The highest BCUT2D eigenvalue weighted by atomic mass is 16.6. The number of rotatable bonds is 8. The smallest absolute Gasteiger partial charge is 0.333 e. The van der Waals surface area contributed by atoms with E-state index in [9.17, 15) is 4.79 Å². The minimum Gasteiger partial charge on any atom is -0.493 e. The first kappa shape index (κ1) is 28.0. The van der Waals surface area contributed by atoms with E-state index in [0.29, 0.717) is 52.1 Å². The third-order valence-corrected chi connectivity index (χ3v) is 7.23. The predicted molar refractivity (Wildman–Crippen MR) is 141 cm³/mol. The van der Waals surface area contributed by atoms with Gasteiger partial charge in [-0.25, -0.2) is 4.79 Å². The van der Waals surface area contributed by atoms with E-state index in [0.717, 1.165) is 16.7 Å². The number of esters is 1. The zero-order chi connectivity index (χ0) is 27.4. The highest BCUT2D eigenvalue weighted by molar-refractivity contribution is 5.90. The Hall–Kier alpha value is -3.55. The van der Waals surface area contributed by atoms with Crippen LogP contribution in [0.25, 0.3) is 11.1 Å². The first-order chi connectivity index (χ1) is 17.7. The Morgan fingerprint density at radius 1 is 0.784 bits per heavy atom. The lowest BCUT2D eigenvalue weighted by Crippen LogP contribution is -2.27. The van der Waals surface area contributed by atoms with E-state index in [2.05, 4.69) is 13.8 Å². The van der Waals surface area contributed by atoms with E-state index < -0.39 is 6.10 Å². The molecule has 37 heavy (non-hydrogen) atoms. The largest absolute Gasteiger partial charge is 0.493 e. The van der Waals surface area contributed by atoms with Crippen LogP contribution in [-0.2, 0) is 16.0 Å². The van der Waals surface area contributed by atoms with Gasteiger partial charge in [0.25, 0.3) is 0 Å². The van der Waals surface area contributed by atoms with Gasteiger partial charge in [-0.3, -0.25) is 0 Å². The topological polar surface area (TPSA) is 81.7 Å². The van der Waals surface area contributed by atoms with Gasteiger partial charge in [0, 0.05) is 28.2 Å². The second-order valence-corrected chi connectivity index (χ2v) is 9.13. The molecule has 0 unspecified atom stereocenters. The van der Waals surface area contributed by atoms with Crippen LogP contribution in [0.5, 0.6) is 34.5 Å². The molecule has 0 aliphatic heterocycles. The van der Waals surface area contributed by atoms with Crippen LogP contribution < -0.4 is 28.4 Å². The monoisotopic (exact) mass is 514 g/mol. The summed E-state index contributed by atoms with van der Waals surface area (Å²) in [5.41, 5.74) is 3.67. The molecule has 3 atom stereocenters. The summed E-state index contributed by atoms with van der Waals surface area (Å²) in [5, 5.41) is 0. The molecule has 0 saturated carbocycles. The molecule has 8 nitrogen and oxygen atoms in total. The Morgan fingerprint density at radius 3 is 1.78 bits per heavy atom. The van der Waals surface area contributed by atoms with Crippen molar-refractivity contribution < 1.29 is 38.0 Å². The number of ether oxygens (including phenoxy) is 7. The number of hydrogen-bond acceptors (Lipinski definition) is 8. The van der Waals surface area contributed by atoms with Crippen molar-refractivity contribution >= 4 is 5.97 Å². The van der Waals surface area contributed by atoms with Gasteiger partial charge in [-0.05, 0) is 43.9 Å². The number of fused-ring (bicyclic) bond motifs is 3. The molecule has 0 heterocycles. The quantitative estimate of drug-likeness (QED) is 0.324. The number of allylic oxidation sites excluding steroid dienone is 1. The number of benzene rings is 2. The predicted octanol–water partition coefficient (Wildman–Crippen LogP) is 5.78. The van der Waals surface area contributed by atoms with Crippen LogP contribution in [0.3, 0.4) is 0 Å². The van der Waals surface area contributed by atoms with E-state index in [1.165, 1.54) is 0 Å². The molecular weight excluding hydrogens is 476 g/mol. The Labute approximate surface area is 219 Å². The first-order valence-electron chi connectivity index (χ1n) is 12.2. The number of carbonyl (C=O) groups excluding carboxylic acids is 1. The molecule has 0 amide bonds. The van der Waals surface area contributed by atoms with Gasteiger partial charge in [0.15, 0.2) is 23.0 Å². The Balaban J connectivity index is 2.55. The molecule has 2 aromatic carbocycles. The van der Waals surface area contributed by atoms with Crippen molar-refractivity contribution in [2.24, 2.45) is 11.8 Å². The Kier molecular flexibility index (Phi) is 8.84. The van der Waals surface area contributed by atoms with Gasteiger partial charge in [-0.1, -0.05) is 19.9 Å². The highest BCUT2D eigenvalue weighted by Gasteiger charge is 2.39. The molecule has 0 fully saturated rings. The van der Waals surface area contributed by atoms with Crippen molar-refractivity contribution in [3.63, 3.8) is 0 Å². The lowest BCUT2D eigenvalue weighted by atomic mass is 9.75. The van der Waals surface area contributed by atoms with Gasteiger partial charge in [-0.15, -0.1) is 0 Å². The third-order valence-electron chi connectivity index (χ3n) is 7.23. The Morgan fingerprint density at radius 2 is 1.30 bits per heavy atom. The molecule has 202 valence electrons. The second kappa shape index (κ2) is 11.7. The van der Waals surface area contributed by atoms with Crippen molar-refractivity contribution in [2.75, 3.05) is 42.7 Å². The summed E-state index contributed by atoms with van der Waals surface area (Å²) >= 11 is 0. The summed E-state index contributed by atoms with van der Waals surface area (Å²) in [4.78, 5) is 13.0. The molecular formula is C29H38O8. The minimum atomic E-state index is -0.605. The molecule has 0 aromatic heterocycles. The van der Waals surface area contributed by atoms with Crippen molar-refractivity contribution in [3.05, 3.63) is 34.9 Å². The van der Waals surface area contributed by atoms with Crippen LogP contribution in [0.1, 0.15) is 44.9 Å². The highest BCUT2D eigenvalue weighted by Crippen LogP contribution is 2.57. The van der Waals surface area contributed by atoms with Crippen molar-refractivity contribution in [2.45, 2.75) is 40.2 Å². The maximum Gasteiger partial charge on any atom is 0.333 e. The fourth-order valence-corrected chi connectivity index (χ4v) is 4.91. The van der Waals surface area contributed by atoms with Crippen molar-refractivity contribution in [3.8, 4) is 45.6 Å². The first-order valence-corrected chi connectivity index (χ1v) is 12.2. The zero-order valence-electron chi connectivity index (χ0n) is 23.4. The van der Waals surface area contributed by atoms with Gasteiger partial charge >= 0.3 is 5.97 Å². The fraction of sp³-hybridized carbons (Fsp3) is 0.483. The molecule has 0 radical (unpaired) electrons. The van der Waals surface area contributed by atoms with E-state index in [1.807, 2.05) is 19.1 Å². The van der Waals surface area contributed by atoms with Gasteiger partial charge in [0.05, 0.1) is 42.7 Å². The second-order valence-electron chi connectivity index (χ2n) is 9.13. The third kappa shape index (κ3) is 4.89. The van der Waals surface area contributed by atoms with Gasteiger partial charge in [0.1, 0.15) is 6.10 Å². The van der Waals surface area contributed by atoms with Crippen LogP contribution in [-0.4, -0.2) is 48.6 Å². The van der Waals surface area contributed by atoms with Gasteiger partial charge in [0.2, 0.25) is 11.5 Å². The summed E-state index contributed by atoms with van der Waals surface area (Å²) in [7, 11) is 9.44. The molecule has 0 N–H and O–H groups in total. The molecule has 0 spiro atoms. The van der Waals surface area contributed by atoms with E-state index in [4.69, 9.17) is 33.2 Å². The molecule has 1 aliphatic rings. The van der Waals surface area contributed by atoms with E-state index in [-0.39, 0.29) is 17.8 Å². The van der Waals surface area contributed by atoms with Gasteiger partial charge < -0.3 is 33.2 Å². The average Bonchev–Trinajstić information content (AvgIpc) is 2.92. The lowest BCUT2D eigenvalue weighted by molar-refractivity contribution is -0.148. The van der Waals surface area contributed by atoms with E-state index in [1.54, 1.807) is 55.7 Å². The average molecular weight is 515 g/mol. The maximum atomic E-state index is 13.0. The summed E-state index contributed by atoms with van der Waals surface area (Å²) in [5.74, 6) is 2.50. The summed E-state index contributed by atoms with van der Waals surface area (Å²) in [6.45, 7) is 7.78. The molecule has 3 rings (SSSR count). The normalized spacial score (nSPS) is 19.0. The molecule has 1 aliphatic carbocycles. The SMILES string of the molecule is C/C=C(/C)C(=O)O[C@H]1c2cc(OC)c(OC)c(OC)c2-c2c(cc(OC)c(OC)c2OC)C[C@@H](C)[C@H]1C. The number of methoxy groups -OCH3 is 6. The fourth-order valence-electron chi connectivity index (χ4n) is 4.91. The van der Waals surface area contributed by atoms with Crippen LogP contribution in [0.2, 0.25) is 0 Å². The molecule has 8 heteroatoms. The molecule has 0 saturated heterocycles. The summed E-state index contributed by atoms with van der Waals surface area (Å²) in [6, 6.07) is 3.82. The van der Waals surface area contributed by atoms with E-state index >= 15 is 0 Å². The number of hydrogen-bond donors (Lipinski definition) is 0. The van der Waals surface area contributed by atoms with Crippen LogP contribution in [0.4, 0.5) is 0 Å². The maximum absolute atomic E-state index is 13.0. The summed E-state index contributed by atoms with van der Waals surface area (Å²) < 4.78 is 40.9. The Bertz CT molecular complexity index is 1180. The summed E-state index contributed by atoms with van der Waals surface area (Å²) in [6.07, 6.45) is 1.80. The molecule has 0 bridgehead atoms. The zero-order valence-corrected chi connectivity index (χ0v) is 23.4.